The zero-order valence-corrected chi connectivity index (χ0v) is 20.7. The van der Waals surface area contributed by atoms with Crippen LogP contribution < -0.4 is 14.2 Å². The molecule has 184 valence electrons. The van der Waals surface area contributed by atoms with Gasteiger partial charge in [0.05, 0.1) is 13.7 Å². The lowest BCUT2D eigenvalue weighted by Gasteiger charge is -2.30. The first-order valence-electron chi connectivity index (χ1n) is 12.0. The molecule has 1 saturated heterocycles. The summed E-state index contributed by atoms with van der Waals surface area (Å²) in [6, 6.07) is 14.5. The van der Waals surface area contributed by atoms with Crippen LogP contribution in [0.15, 0.2) is 42.5 Å². The number of hydrogen-bond acceptors (Lipinski definition) is 6. The Hall–Kier alpha value is -2.77. The number of fused-ring (bicyclic) bond motifs is 1. The lowest BCUT2D eigenvalue weighted by molar-refractivity contribution is -0.135. The van der Waals surface area contributed by atoms with Crippen LogP contribution in [0, 0.1) is 11.8 Å². The summed E-state index contributed by atoms with van der Waals surface area (Å²) in [5.41, 5.74) is 2.45. The highest BCUT2D eigenvalue weighted by Crippen LogP contribution is 2.37. The van der Waals surface area contributed by atoms with Gasteiger partial charge in [0.1, 0.15) is 5.75 Å². The number of carbonyl (C=O) groups excluding carboxylic acids is 1. The van der Waals surface area contributed by atoms with Crippen molar-refractivity contribution in [1.82, 2.24) is 9.80 Å². The molecule has 2 aliphatic rings. The van der Waals surface area contributed by atoms with E-state index in [4.69, 9.17) is 18.9 Å². The Balaban J connectivity index is 1.55. The van der Waals surface area contributed by atoms with E-state index in [2.05, 4.69) is 29.2 Å². The summed E-state index contributed by atoms with van der Waals surface area (Å²) in [5.74, 6) is 3.22. The van der Waals surface area contributed by atoms with E-state index in [9.17, 15) is 4.79 Å². The number of methoxy groups -OCH3 is 2. The van der Waals surface area contributed by atoms with Crippen molar-refractivity contribution in [2.24, 2.45) is 11.8 Å². The second-order valence-electron chi connectivity index (χ2n) is 9.46. The maximum absolute atomic E-state index is 13.0. The number of benzene rings is 2. The maximum Gasteiger partial charge on any atom is 0.231 e. The van der Waals surface area contributed by atoms with Crippen molar-refractivity contribution in [3.05, 3.63) is 53.6 Å². The van der Waals surface area contributed by atoms with Gasteiger partial charge in [-0.1, -0.05) is 32.0 Å². The molecule has 2 atom stereocenters. The standard InChI is InChI=1S/C27H36N2O5/c1-19(2)27(30)29(10-11-31-3)16-22-15-28(14-20-8-9-25-26(12-20)34-18-33-25)17-24(22)21-6-5-7-23(13-21)32-4/h5-9,12-13,19,22,24H,10-11,14-18H2,1-4H3. The van der Waals surface area contributed by atoms with E-state index in [1.165, 1.54) is 11.1 Å². The predicted octanol–water partition coefficient (Wildman–Crippen LogP) is 3.77. The SMILES string of the molecule is COCCN(CC1CN(Cc2ccc3c(c2)OCO3)CC1c1cccc(OC)c1)C(=O)C(C)C. The van der Waals surface area contributed by atoms with Gasteiger partial charge in [0.2, 0.25) is 12.7 Å². The van der Waals surface area contributed by atoms with Crippen molar-refractivity contribution in [2.45, 2.75) is 26.3 Å². The van der Waals surface area contributed by atoms with Crippen LogP contribution in [0.2, 0.25) is 0 Å². The van der Waals surface area contributed by atoms with Crippen LogP contribution in [0.25, 0.3) is 0 Å². The molecule has 0 aliphatic carbocycles. The van der Waals surface area contributed by atoms with Crippen LogP contribution in [0.5, 0.6) is 17.2 Å². The molecular formula is C27H36N2O5. The number of likely N-dealkylation sites (tertiary alicyclic amines) is 1. The molecule has 0 spiro atoms. The minimum absolute atomic E-state index is 0.0433. The zero-order chi connectivity index (χ0) is 24.1. The summed E-state index contributed by atoms with van der Waals surface area (Å²) in [7, 11) is 3.38. The highest BCUT2D eigenvalue weighted by molar-refractivity contribution is 5.78. The average molecular weight is 469 g/mol. The molecule has 0 radical (unpaired) electrons. The number of hydrogen-bond donors (Lipinski definition) is 0. The minimum Gasteiger partial charge on any atom is -0.497 e. The van der Waals surface area contributed by atoms with Crippen LogP contribution in [-0.2, 0) is 16.1 Å². The van der Waals surface area contributed by atoms with Crippen LogP contribution >= 0.6 is 0 Å². The average Bonchev–Trinajstić information content (AvgIpc) is 3.47. The first-order chi connectivity index (χ1) is 16.5. The maximum atomic E-state index is 13.0. The van der Waals surface area contributed by atoms with E-state index >= 15 is 0 Å². The van der Waals surface area contributed by atoms with Crippen LogP contribution in [0.4, 0.5) is 0 Å². The van der Waals surface area contributed by atoms with Gasteiger partial charge < -0.3 is 23.8 Å². The smallest absolute Gasteiger partial charge is 0.231 e. The van der Waals surface area contributed by atoms with Gasteiger partial charge in [0.25, 0.3) is 0 Å². The summed E-state index contributed by atoms with van der Waals surface area (Å²) in [6.45, 7) is 8.70. The fraction of sp³-hybridized carbons (Fsp3) is 0.519. The molecular weight excluding hydrogens is 432 g/mol. The number of carbonyl (C=O) groups is 1. The largest absolute Gasteiger partial charge is 0.497 e. The Morgan fingerprint density at radius 1 is 1.12 bits per heavy atom. The summed E-state index contributed by atoms with van der Waals surface area (Å²) in [5, 5.41) is 0. The Morgan fingerprint density at radius 3 is 2.71 bits per heavy atom. The lowest BCUT2D eigenvalue weighted by Crippen LogP contribution is -2.41. The fourth-order valence-corrected chi connectivity index (χ4v) is 4.96. The van der Waals surface area contributed by atoms with Gasteiger partial charge in [-0.25, -0.2) is 0 Å². The Bertz CT molecular complexity index is 979. The highest BCUT2D eigenvalue weighted by atomic mass is 16.7. The molecule has 1 fully saturated rings. The number of nitrogens with zero attached hydrogens (tertiary/aromatic N) is 2. The minimum atomic E-state index is -0.0433. The topological polar surface area (TPSA) is 60.5 Å². The van der Waals surface area contributed by atoms with Gasteiger partial charge in [-0.05, 0) is 41.3 Å². The van der Waals surface area contributed by atoms with Gasteiger partial charge in [0.15, 0.2) is 11.5 Å². The lowest BCUT2D eigenvalue weighted by atomic mass is 9.88. The molecule has 34 heavy (non-hydrogen) atoms. The van der Waals surface area contributed by atoms with Crippen molar-refractivity contribution in [1.29, 1.82) is 0 Å². The van der Waals surface area contributed by atoms with E-state index in [1.54, 1.807) is 14.2 Å². The first kappa shape index (κ1) is 24.4. The molecule has 2 unspecified atom stereocenters. The summed E-state index contributed by atoms with van der Waals surface area (Å²) < 4.78 is 21.8. The van der Waals surface area contributed by atoms with E-state index in [0.29, 0.717) is 31.5 Å². The molecule has 4 rings (SSSR count). The number of ether oxygens (including phenoxy) is 4. The van der Waals surface area contributed by atoms with Crippen molar-refractivity contribution in [3.63, 3.8) is 0 Å². The van der Waals surface area contributed by atoms with E-state index in [0.717, 1.165) is 36.9 Å². The molecule has 2 aromatic carbocycles. The third-order valence-electron chi connectivity index (χ3n) is 6.71. The molecule has 7 nitrogen and oxygen atoms in total. The fourth-order valence-electron chi connectivity index (χ4n) is 4.96. The van der Waals surface area contributed by atoms with E-state index in [-0.39, 0.29) is 18.6 Å². The van der Waals surface area contributed by atoms with Crippen molar-refractivity contribution >= 4 is 5.91 Å². The van der Waals surface area contributed by atoms with Crippen molar-refractivity contribution in [2.75, 3.05) is 53.8 Å². The van der Waals surface area contributed by atoms with Crippen LogP contribution in [-0.4, -0.2) is 69.5 Å². The van der Waals surface area contributed by atoms with Gasteiger partial charge >= 0.3 is 0 Å². The van der Waals surface area contributed by atoms with Crippen molar-refractivity contribution in [3.8, 4) is 17.2 Å². The highest BCUT2D eigenvalue weighted by Gasteiger charge is 2.36. The molecule has 7 heteroatoms. The molecule has 1 amide bonds. The molecule has 2 heterocycles. The van der Waals surface area contributed by atoms with Gasteiger partial charge in [-0.15, -0.1) is 0 Å². The monoisotopic (exact) mass is 468 g/mol. The van der Waals surface area contributed by atoms with Crippen molar-refractivity contribution < 1.29 is 23.7 Å². The molecule has 0 aromatic heterocycles. The van der Waals surface area contributed by atoms with Gasteiger partial charge in [-0.3, -0.25) is 9.69 Å². The summed E-state index contributed by atoms with van der Waals surface area (Å²) >= 11 is 0. The molecule has 0 saturated carbocycles. The van der Waals surface area contributed by atoms with Gasteiger partial charge in [0, 0.05) is 51.7 Å². The van der Waals surface area contributed by atoms with E-state index < -0.39 is 0 Å². The number of rotatable bonds is 10. The second-order valence-corrected chi connectivity index (χ2v) is 9.46. The summed E-state index contributed by atoms with van der Waals surface area (Å²) in [4.78, 5) is 17.4. The van der Waals surface area contributed by atoms with Crippen LogP contribution in [0.1, 0.15) is 30.9 Å². The second kappa shape index (κ2) is 11.1. The van der Waals surface area contributed by atoms with E-state index in [1.807, 2.05) is 36.9 Å². The first-order valence-corrected chi connectivity index (χ1v) is 12.0. The Kier molecular flexibility index (Phi) is 7.95. The third kappa shape index (κ3) is 5.65. The summed E-state index contributed by atoms with van der Waals surface area (Å²) in [6.07, 6.45) is 0. The molecule has 2 aromatic rings. The Labute approximate surface area is 202 Å². The zero-order valence-electron chi connectivity index (χ0n) is 20.7. The number of amides is 1. The molecule has 0 N–H and O–H groups in total. The van der Waals surface area contributed by atoms with Crippen LogP contribution in [0.3, 0.4) is 0 Å². The third-order valence-corrected chi connectivity index (χ3v) is 6.71. The van der Waals surface area contributed by atoms with Gasteiger partial charge in [-0.2, -0.15) is 0 Å². The normalized spacial score (nSPS) is 19.6. The Morgan fingerprint density at radius 2 is 1.94 bits per heavy atom. The molecule has 2 aliphatic heterocycles. The quantitative estimate of drug-likeness (QED) is 0.529. The molecule has 0 bridgehead atoms. The predicted molar refractivity (Wildman–Crippen MR) is 130 cm³/mol.